The Morgan fingerprint density at radius 1 is 1.25 bits per heavy atom. The molecule has 146 valence electrons. The minimum Gasteiger partial charge on any atom is -0.496 e. The molecule has 0 bridgehead atoms. The number of ether oxygens (including phenoxy) is 1. The number of methoxy groups -OCH3 is 1. The fourth-order valence-corrected chi connectivity index (χ4v) is 4.23. The van der Waals surface area contributed by atoms with E-state index < -0.39 is 0 Å². The number of carbonyl (C=O) groups excluding carboxylic acids is 1. The van der Waals surface area contributed by atoms with Gasteiger partial charge in [-0.3, -0.25) is 9.69 Å². The Hall–Kier alpha value is -2.79. The lowest BCUT2D eigenvalue weighted by Crippen LogP contribution is -2.39. The summed E-state index contributed by atoms with van der Waals surface area (Å²) in [6.45, 7) is 5.92. The molecule has 1 fully saturated rings. The molecule has 0 radical (unpaired) electrons. The van der Waals surface area contributed by atoms with Crippen molar-refractivity contribution in [2.45, 2.75) is 32.9 Å². The van der Waals surface area contributed by atoms with E-state index in [1.165, 1.54) is 0 Å². The van der Waals surface area contributed by atoms with E-state index in [-0.39, 0.29) is 17.4 Å². The van der Waals surface area contributed by atoms with Crippen molar-refractivity contribution in [2.24, 2.45) is 11.1 Å². The second-order valence-corrected chi connectivity index (χ2v) is 8.37. The lowest BCUT2D eigenvalue weighted by atomic mass is 9.90. The molecule has 2 heterocycles. The molecule has 28 heavy (non-hydrogen) atoms. The van der Waals surface area contributed by atoms with Gasteiger partial charge in [0.1, 0.15) is 17.1 Å². The van der Waals surface area contributed by atoms with Gasteiger partial charge < -0.3 is 14.9 Å². The molecule has 1 aliphatic heterocycles. The quantitative estimate of drug-likeness (QED) is 0.723. The van der Waals surface area contributed by atoms with Crippen LogP contribution in [0.25, 0.3) is 22.3 Å². The van der Waals surface area contributed by atoms with Crippen molar-refractivity contribution in [3.63, 3.8) is 0 Å². The second kappa shape index (κ2) is 6.99. The van der Waals surface area contributed by atoms with E-state index in [1.807, 2.05) is 36.4 Å². The average Bonchev–Trinajstić information content (AvgIpc) is 3.21. The van der Waals surface area contributed by atoms with Crippen LogP contribution in [0, 0.1) is 5.41 Å². The normalized spacial score (nSPS) is 19.2. The minimum absolute atomic E-state index is 0.0937. The highest BCUT2D eigenvalue weighted by atomic mass is 16.5. The van der Waals surface area contributed by atoms with Crippen molar-refractivity contribution in [3.8, 4) is 17.1 Å². The molecule has 2 N–H and O–H groups in total. The Morgan fingerprint density at radius 2 is 2.04 bits per heavy atom. The van der Waals surface area contributed by atoms with Gasteiger partial charge in [-0.05, 0) is 47.7 Å². The summed E-state index contributed by atoms with van der Waals surface area (Å²) in [5.74, 6) is 1.32. The first-order valence-electron chi connectivity index (χ1n) is 9.55. The lowest BCUT2D eigenvalue weighted by molar-refractivity contribution is -0.122. The first-order chi connectivity index (χ1) is 13.4. The summed E-state index contributed by atoms with van der Waals surface area (Å²) in [7, 11) is 1.66. The largest absolute Gasteiger partial charge is 0.496 e. The third kappa shape index (κ3) is 3.50. The standard InChI is InChI=1S/C23H26N2O3/c1-23(2)12-18(22(24)26)25(14-23)13-15-8-9-19-16(10-15)11-21(28-19)17-6-4-5-7-20(17)27-3/h4-11,18H,12-14H2,1-3H3,(H2,24,26)/t18-/m0/s1. The predicted molar refractivity (Wildman–Crippen MR) is 110 cm³/mol. The number of carbonyl (C=O) groups is 1. The van der Waals surface area contributed by atoms with Crippen LogP contribution >= 0.6 is 0 Å². The highest BCUT2D eigenvalue weighted by Crippen LogP contribution is 2.36. The number of furan rings is 1. The molecule has 3 aromatic rings. The highest BCUT2D eigenvalue weighted by Gasteiger charge is 2.40. The molecule has 5 nitrogen and oxygen atoms in total. The summed E-state index contributed by atoms with van der Waals surface area (Å²) in [6, 6.07) is 15.8. The van der Waals surface area contributed by atoms with Crippen LogP contribution in [-0.2, 0) is 11.3 Å². The zero-order valence-corrected chi connectivity index (χ0v) is 16.6. The smallest absolute Gasteiger partial charge is 0.234 e. The summed E-state index contributed by atoms with van der Waals surface area (Å²) in [6.07, 6.45) is 0.800. The summed E-state index contributed by atoms with van der Waals surface area (Å²) in [4.78, 5) is 14.1. The van der Waals surface area contributed by atoms with Gasteiger partial charge in [0, 0.05) is 18.5 Å². The van der Waals surface area contributed by atoms with Crippen LogP contribution in [0.5, 0.6) is 5.75 Å². The van der Waals surface area contributed by atoms with E-state index in [4.69, 9.17) is 14.9 Å². The molecule has 0 unspecified atom stereocenters. The molecule has 1 amide bonds. The van der Waals surface area contributed by atoms with Crippen LogP contribution in [0.1, 0.15) is 25.8 Å². The van der Waals surface area contributed by atoms with Gasteiger partial charge in [-0.1, -0.05) is 32.0 Å². The van der Waals surface area contributed by atoms with Gasteiger partial charge in [-0.15, -0.1) is 0 Å². The van der Waals surface area contributed by atoms with E-state index >= 15 is 0 Å². The zero-order chi connectivity index (χ0) is 19.9. The van der Waals surface area contributed by atoms with Crippen molar-refractivity contribution < 1.29 is 13.9 Å². The van der Waals surface area contributed by atoms with Gasteiger partial charge in [0.15, 0.2) is 0 Å². The van der Waals surface area contributed by atoms with Gasteiger partial charge in [0.05, 0.1) is 18.7 Å². The second-order valence-electron chi connectivity index (χ2n) is 8.37. The van der Waals surface area contributed by atoms with E-state index in [2.05, 4.69) is 30.9 Å². The van der Waals surface area contributed by atoms with Crippen molar-refractivity contribution in [2.75, 3.05) is 13.7 Å². The molecule has 0 spiro atoms. The molecule has 1 atom stereocenters. The first kappa shape index (κ1) is 18.6. The van der Waals surface area contributed by atoms with Crippen molar-refractivity contribution >= 4 is 16.9 Å². The molecule has 0 aliphatic carbocycles. The van der Waals surface area contributed by atoms with Crippen LogP contribution in [0.15, 0.2) is 52.9 Å². The monoisotopic (exact) mass is 378 g/mol. The Balaban J connectivity index is 1.63. The molecule has 0 saturated carbocycles. The summed E-state index contributed by atoms with van der Waals surface area (Å²) < 4.78 is 11.5. The van der Waals surface area contributed by atoms with E-state index in [9.17, 15) is 4.79 Å². The van der Waals surface area contributed by atoms with Gasteiger partial charge >= 0.3 is 0 Å². The first-order valence-corrected chi connectivity index (χ1v) is 9.55. The number of hydrogen-bond donors (Lipinski definition) is 1. The Kier molecular flexibility index (Phi) is 4.63. The molecule has 1 saturated heterocycles. The maximum absolute atomic E-state index is 11.9. The fraction of sp³-hybridized carbons (Fsp3) is 0.348. The third-order valence-electron chi connectivity index (χ3n) is 5.49. The van der Waals surface area contributed by atoms with E-state index in [1.54, 1.807) is 7.11 Å². The number of amides is 1. The summed E-state index contributed by atoms with van der Waals surface area (Å²) in [5.41, 5.74) is 8.64. The molecular weight excluding hydrogens is 352 g/mol. The molecular formula is C23H26N2O3. The summed E-state index contributed by atoms with van der Waals surface area (Å²) >= 11 is 0. The number of likely N-dealkylation sites (tertiary alicyclic amines) is 1. The SMILES string of the molecule is COc1ccccc1-c1cc2cc(CN3CC(C)(C)C[C@H]3C(N)=O)ccc2o1. The number of benzene rings is 2. The minimum atomic E-state index is -0.242. The van der Waals surface area contributed by atoms with Crippen molar-refractivity contribution in [1.29, 1.82) is 0 Å². The number of nitrogens with two attached hydrogens (primary N) is 1. The Bertz CT molecular complexity index is 1020. The Morgan fingerprint density at radius 3 is 2.79 bits per heavy atom. The van der Waals surface area contributed by atoms with E-state index in [0.29, 0.717) is 6.54 Å². The fourth-order valence-electron chi connectivity index (χ4n) is 4.23. The topological polar surface area (TPSA) is 68.7 Å². The van der Waals surface area contributed by atoms with Crippen LogP contribution < -0.4 is 10.5 Å². The van der Waals surface area contributed by atoms with E-state index in [0.717, 1.165) is 46.6 Å². The molecule has 5 heteroatoms. The predicted octanol–water partition coefficient (Wildman–Crippen LogP) is 4.19. The molecule has 4 rings (SSSR count). The van der Waals surface area contributed by atoms with Gasteiger partial charge in [0.2, 0.25) is 5.91 Å². The van der Waals surface area contributed by atoms with Crippen LogP contribution in [-0.4, -0.2) is 30.5 Å². The molecule has 1 aromatic heterocycles. The van der Waals surface area contributed by atoms with Crippen LogP contribution in [0.2, 0.25) is 0 Å². The van der Waals surface area contributed by atoms with Crippen molar-refractivity contribution in [1.82, 2.24) is 4.90 Å². The summed E-state index contributed by atoms with van der Waals surface area (Å²) in [5, 5.41) is 1.03. The van der Waals surface area contributed by atoms with Crippen LogP contribution in [0.4, 0.5) is 0 Å². The maximum Gasteiger partial charge on any atom is 0.234 e. The third-order valence-corrected chi connectivity index (χ3v) is 5.49. The maximum atomic E-state index is 11.9. The number of primary amides is 1. The zero-order valence-electron chi connectivity index (χ0n) is 16.6. The molecule has 1 aliphatic rings. The van der Waals surface area contributed by atoms with Crippen molar-refractivity contribution in [3.05, 3.63) is 54.1 Å². The Labute approximate surface area is 165 Å². The van der Waals surface area contributed by atoms with Gasteiger partial charge in [-0.25, -0.2) is 0 Å². The van der Waals surface area contributed by atoms with Gasteiger partial charge in [-0.2, -0.15) is 0 Å². The van der Waals surface area contributed by atoms with Crippen LogP contribution in [0.3, 0.4) is 0 Å². The average molecular weight is 378 g/mol. The number of nitrogens with zero attached hydrogens (tertiary/aromatic N) is 1. The van der Waals surface area contributed by atoms with Gasteiger partial charge in [0.25, 0.3) is 0 Å². The number of hydrogen-bond acceptors (Lipinski definition) is 4. The number of rotatable bonds is 5. The molecule has 2 aromatic carbocycles. The number of para-hydroxylation sites is 1. The number of fused-ring (bicyclic) bond motifs is 1. The lowest BCUT2D eigenvalue weighted by Gasteiger charge is -2.22. The highest BCUT2D eigenvalue weighted by molar-refractivity contribution is 5.84.